The summed E-state index contributed by atoms with van der Waals surface area (Å²) >= 11 is 3.85. The van der Waals surface area contributed by atoms with Gasteiger partial charge >= 0.3 is 5.97 Å². The maximum atomic E-state index is 13.1. The van der Waals surface area contributed by atoms with Crippen LogP contribution in [-0.4, -0.2) is 16.9 Å². The van der Waals surface area contributed by atoms with E-state index in [0.29, 0.717) is 11.8 Å². The van der Waals surface area contributed by atoms with Crippen molar-refractivity contribution in [2.75, 3.05) is 0 Å². The zero-order chi connectivity index (χ0) is 17.8. The molecule has 0 saturated heterocycles. The molecule has 4 bridgehead atoms. The smallest absolute Gasteiger partial charge is 0.320 e. The van der Waals surface area contributed by atoms with Crippen molar-refractivity contribution in [2.45, 2.75) is 89.5 Å². The Morgan fingerprint density at radius 1 is 1.00 bits per heavy atom. The van der Waals surface area contributed by atoms with Crippen LogP contribution in [0.3, 0.4) is 0 Å². The molecule has 2 nitrogen and oxygen atoms in total. The van der Waals surface area contributed by atoms with E-state index in [4.69, 9.17) is 4.74 Å². The molecule has 0 aromatic rings. The van der Waals surface area contributed by atoms with Crippen molar-refractivity contribution < 1.29 is 9.53 Å². The number of carbonyl (C=O) groups is 1. The Balaban J connectivity index is 1.44. The molecule has 0 aromatic heterocycles. The normalized spacial score (nSPS) is 47.1. The van der Waals surface area contributed by atoms with Crippen LogP contribution in [-0.2, 0) is 9.53 Å². The first-order valence-corrected chi connectivity index (χ1v) is 11.6. The van der Waals surface area contributed by atoms with Gasteiger partial charge in [0.05, 0.1) is 0 Å². The van der Waals surface area contributed by atoms with Gasteiger partial charge < -0.3 is 4.74 Å². The Morgan fingerprint density at radius 2 is 1.56 bits per heavy atom. The lowest BCUT2D eigenvalue weighted by Gasteiger charge is -2.58. The van der Waals surface area contributed by atoms with Crippen LogP contribution in [0.15, 0.2) is 0 Å². The molecule has 5 aliphatic carbocycles. The van der Waals surface area contributed by atoms with E-state index in [0.717, 1.165) is 30.1 Å². The minimum atomic E-state index is -0.0828. The molecule has 4 atom stereocenters. The third-order valence-electron chi connectivity index (χ3n) is 8.05. The Kier molecular flexibility index (Phi) is 5.01. The molecule has 0 aliphatic heterocycles. The number of alkyl halides is 1. The van der Waals surface area contributed by atoms with Crippen LogP contribution in [0.2, 0.25) is 0 Å². The topological polar surface area (TPSA) is 26.3 Å². The lowest BCUT2D eigenvalue weighted by Crippen LogP contribution is -2.53. The number of halogens is 1. The van der Waals surface area contributed by atoms with Crippen LogP contribution < -0.4 is 0 Å². The van der Waals surface area contributed by atoms with E-state index >= 15 is 0 Å². The molecule has 142 valence electrons. The van der Waals surface area contributed by atoms with E-state index in [9.17, 15) is 4.79 Å². The molecule has 0 aromatic carbocycles. The first-order chi connectivity index (χ1) is 11.9. The van der Waals surface area contributed by atoms with Gasteiger partial charge in [-0.05, 0) is 98.7 Å². The van der Waals surface area contributed by atoms with Gasteiger partial charge in [0.15, 0.2) is 0 Å². The largest absolute Gasteiger partial charge is 0.461 e. The van der Waals surface area contributed by atoms with Gasteiger partial charge in [0.1, 0.15) is 10.9 Å². The first-order valence-electron chi connectivity index (χ1n) is 10.7. The van der Waals surface area contributed by atoms with Crippen LogP contribution >= 0.6 is 15.9 Å². The van der Waals surface area contributed by atoms with Crippen molar-refractivity contribution in [2.24, 2.45) is 40.9 Å². The fourth-order valence-electron chi connectivity index (χ4n) is 7.19. The molecular weight excluding hydrogens is 376 g/mol. The molecule has 3 heteroatoms. The molecule has 5 aliphatic rings. The molecule has 0 heterocycles. The Hall–Kier alpha value is -0.0500. The van der Waals surface area contributed by atoms with Crippen LogP contribution in [0.4, 0.5) is 0 Å². The van der Waals surface area contributed by atoms with Gasteiger partial charge in [-0.1, -0.05) is 36.7 Å². The van der Waals surface area contributed by atoms with Crippen molar-refractivity contribution in [1.29, 1.82) is 0 Å². The number of carbonyl (C=O) groups excluding carboxylic acids is 1. The van der Waals surface area contributed by atoms with E-state index in [2.05, 4.69) is 36.7 Å². The lowest BCUT2D eigenvalue weighted by atomic mass is 9.49. The molecule has 0 radical (unpaired) electrons. The van der Waals surface area contributed by atoms with E-state index in [1.807, 2.05) is 0 Å². The van der Waals surface area contributed by atoms with E-state index in [-0.39, 0.29) is 22.3 Å². The highest BCUT2D eigenvalue weighted by Gasteiger charge is 2.56. The van der Waals surface area contributed by atoms with Gasteiger partial charge in [-0.3, -0.25) is 4.79 Å². The number of esters is 1. The van der Waals surface area contributed by atoms with Crippen LogP contribution in [0, 0.1) is 40.9 Å². The Bertz CT molecular complexity index is 479. The highest BCUT2D eigenvalue weighted by Crippen LogP contribution is 2.62. The summed E-state index contributed by atoms with van der Waals surface area (Å²) < 4.78 is 6.18. The van der Waals surface area contributed by atoms with E-state index in [1.165, 1.54) is 51.4 Å². The van der Waals surface area contributed by atoms with Crippen LogP contribution in [0.5, 0.6) is 0 Å². The van der Waals surface area contributed by atoms with Crippen molar-refractivity contribution in [3.05, 3.63) is 0 Å². The summed E-state index contributed by atoms with van der Waals surface area (Å²) in [5.74, 6) is 4.56. The molecule has 0 spiro atoms. The monoisotopic (exact) mass is 410 g/mol. The third kappa shape index (κ3) is 3.44. The Morgan fingerprint density at radius 3 is 2.08 bits per heavy atom. The molecular formula is C22H35BrO2. The fraction of sp³-hybridized carbons (Fsp3) is 0.955. The quantitative estimate of drug-likeness (QED) is 0.421. The van der Waals surface area contributed by atoms with Crippen molar-refractivity contribution >= 4 is 21.9 Å². The molecule has 25 heavy (non-hydrogen) atoms. The number of hydrogen-bond acceptors (Lipinski definition) is 2. The number of rotatable bonds is 4. The minimum Gasteiger partial charge on any atom is -0.461 e. The summed E-state index contributed by atoms with van der Waals surface area (Å²) in [6.45, 7) is 6.92. The highest BCUT2D eigenvalue weighted by atomic mass is 79.9. The van der Waals surface area contributed by atoms with Gasteiger partial charge in [0.2, 0.25) is 0 Å². The summed E-state index contributed by atoms with van der Waals surface area (Å²) in [6.07, 6.45) is 11.6. The summed E-state index contributed by atoms with van der Waals surface area (Å²) in [5, 5.41) is 0. The zero-order valence-corrected chi connectivity index (χ0v) is 17.8. The molecule has 5 fully saturated rings. The first kappa shape index (κ1) is 18.3. The second-order valence-electron chi connectivity index (χ2n) is 10.4. The zero-order valence-electron chi connectivity index (χ0n) is 16.2. The van der Waals surface area contributed by atoms with Crippen molar-refractivity contribution in [3.8, 4) is 0 Å². The van der Waals surface area contributed by atoms with Gasteiger partial charge in [0.25, 0.3) is 0 Å². The van der Waals surface area contributed by atoms with Gasteiger partial charge in [-0.15, -0.1) is 0 Å². The van der Waals surface area contributed by atoms with Crippen LogP contribution in [0.1, 0.15) is 78.6 Å². The summed E-state index contributed by atoms with van der Waals surface area (Å²) in [4.78, 5) is 13.0. The van der Waals surface area contributed by atoms with E-state index < -0.39 is 0 Å². The molecule has 0 amide bonds. The average Bonchev–Trinajstić information content (AvgIpc) is 2.54. The summed E-state index contributed by atoms with van der Waals surface area (Å²) in [6, 6.07) is 0. The summed E-state index contributed by atoms with van der Waals surface area (Å²) in [5.41, 5.74) is 0.196. The number of ether oxygens (including phenoxy) is 1. The molecule has 5 saturated carbocycles. The highest BCUT2D eigenvalue weighted by molar-refractivity contribution is 9.10. The second-order valence-corrected chi connectivity index (χ2v) is 11.4. The Labute approximate surface area is 162 Å². The minimum absolute atomic E-state index is 0.0483. The van der Waals surface area contributed by atoms with E-state index in [1.54, 1.807) is 0 Å². The molecule has 5 rings (SSSR count). The second kappa shape index (κ2) is 6.84. The predicted octanol–water partition coefficient (Wildman–Crippen LogP) is 5.97. The fourth-order valence-corrected chi connectivity index (χ4v) is 7.86. The maximum absolute atomic E-state index is 13.1. The number of hydrogen-bond donors (Lipinski definition) is 0. The van der Waals surface area contributed by atoms with Gasteiger partial charge in [-0.2, -0.15) is 0 Å². The SMILES string of the molecule is CC(C)[C@H]1C[C@H](C)CC[C@@H]1OC(=O)[C@@H](Br)C12CC3CC(CC(C3)C1)C2. The standard InChI is InChI=1S/C22H35BrO2/c1-13(2)18-6-14(3)4-5-19(18)25-21(24)20(23)22-10-15-7-16(11-22)9-17(8-15)12-22/h13-20H,4-12H2,1-3H3/t14-,15?,16?,17?,18-,19+,20-,22?/m1/s1. The molecule has 0 N–H and O–H groups in total. The van der Waals surface area contributed by atoms with Crippen molar-refractivity contribution in [3.63, 3.8) is 0 Å². The summed E-state index contributed by atoms with van der Waals surface area (Å²) in [7, 11) is 0. The van der Waals surface area contributed by atoms with Crippen LogP contribution in [0.25, 0.3) is 0 Å². The molecule has 0 unspecified atom stereocenters. The third-order valence-corrected chi connectivity index (χ3v) is 9.40. The van der Waals surface area contributed by atoms with Gasteiger partial charge in [-0.25, -0.2) is 0 Å². The lowest BCUT2D eigenvalue weighted by molar-refractivity contribution is -0.161. The average molecular weight is 411 g/mol. The van der Waals surface area contributed by atoms with Crippen molar-refractivity contribution in [1.82, 2.24) is 0 Å². The predicted molar refractivity (Wildman–Crippen MR) is 105 cm³/mol. The van der Waals surface area contributed by atoms with Gasteiger partial charge in [0, 0.05) is 0 Å². The maximum Gasteiger partial charge on any atom is 0.320 e.